The van der Waals surface area contributed by atoms with Gasteiger partial charge in [-0.05, 0) is 30.3 Å². The molecule has 2 aromatic rings. The molecule has 2 aromatic heterocycles. The van der Waals surface area contributed by atoms with Gasteiger partial charge in [-0.2, -0.15) is 0 Å². The molecule has 0 unspecified atom stereocenters. The summed E-state index contributed by atoms with van der Waals surface area (Å²) >= 11 is 1.25. The lowest BCUT2D eigenvalue weighted by Crippen LogP contribution is -2.15. The number of pyridine rings is 1. The van der Waals surface area contributed by atoms with Crippen molar-refractivity contribution in [1.29, 1.82) is 5.41 Å². The van der Waals surface area contributed by atoms with Gasteiger partial charge in [-0.3, -0.25) is 15.2 Å². The Morgan fingerprint density at radius 1 is 1.55 bits per heavy atom. The second-order valence-corrected chi connectivity index (χ2v) is 5.19. The zero-order valence-electron chi connectivity index (χ0n) is 11.0. The number of rotatable bonds is 5. The van der Waals surface area contributed by atoms with Crippen molar-refractivity contribution in [3.05, 3.63) is 46.1 Å². The molecule has 0 amide bonds. The quantitative estimate of drug-likeness (QED) is 0.439. The topological polar surface area (TPSA) is 109 Å². The van der Waals surface area contributed by atoms with Crippen molar-refractivity contribution in [1.82, 2.24) is 15.0 Å². The number of H-pyrrole nitrogens is 1. The van der Waals surface area contributed by atoms with E-state index in [-0.39, 0.29) is 11.4 Å². The van der Waals surface area contributed by atoms with Gasteiger partial charge >= 0.3 is 0 Å². The predicted molar refractivity (Wildman–Crippen MR) is 78.2 cm³/mol. The molecule has 4 N–H and O–H groups in total. The minimum atomic E-state index is -0.181. The number of nitrogen functional groups attached to an aromatic ring is 1. The van der Waals surface area contributed by atoms with Gasteiger partial charge in [-0.15, -0.1) is 0 Å². The Bertz CT molecular complexity index is 682. The Morgan fingerprint density at radius 3 is 3.05 bits per heavy atom. The average Bonchev–Trinajstić information content (AvgIpc) is 2.38. The van der Waals surface area contributed by atoms with Crippen LogP contribution in [0, 0.1) is 5.41 Å². The predicted octanol–water partition coefficient (Wildman–Crippen LogP) is 1.55. The molecule has 0 aliphatic rings. The largest absolute Gasteiger partial charge is 0.382 e. The Morgan fingerprint density at radius 2 is 2.35 bits per heavy atom. The van der Waals surface area contributed by atoms with Crippen molar-refractivity contribution in [3.63, 3.8) is 0 Å². The maximum atomic E-state index is 11.6. The van der Waals surface area contributed by atoms with E-state index < -0.39 is 0 Å². The second-order valence-electron chi connectivity index (χ2n) is 4.16. The van der Waals surface area contributed by atoms with Gasteiger partial charge in [-0.1, -0.05) is 13.3 Å². The zero-order valence-corrected chi connectivity index (χ0v) is 11.8. The van der Waals surface area contributed by atoms with E-state index in [9.17, 15) is 4.79 Å². The van der Waals surface area contributed by atoms with Crippen LogP contribution >= 0.6 is 11.8 Å². The standard InChI is InChI=1S/C13H15N5OS/c1-2-4-8-7-10(19)18-13(17-8)20-9-5-3-6-16-11(9)12(14)15/h3,5-7H,2,4H2,1H3,(H3,14,15)(H,17,18,19). The minimum Gasteiger partial charge on any atom is -0.382 e. The van der Waals surface area contributed by atoms with E-state index in [0.29, 0.717) is 15.7 Å². The molecule has 0 aromatic carbocycles. The Hall–Kier alpha value is -2.15. The molecule has 0 saturated carbocycles. The molecule has 2 heterocycles. The third kappa shape index (κ3) is 3.45. The number of nitrogens with one attached hydrogen (secondary N) is 2. The van der Waals surface area contributed by atoms with E-state index in [0.717, 1.165) is 18.5 Å². The number of nitrogens with zero attached hydrogens (tertiary/aromatic N) is 2. The summed E-state index contributed by atoms with van der Waals surface area (Å²) in [6.45, 7) is 2.03. The number of aromatic amines is 1. The molecule has 0 aliphatic heterocycles. The van der Waals surface area contributed by atoms with Gasteiger partial charge in [0.25, 0.3) is 5.56 Å². The lowest BCUT2D eigenvalue weighted by molar-refractivity contribution is 0.816. The van der Waals surface area contributed by atoms with Gasteiger partial charge in [0.15, 0.2) is 5.16 Å². The fourth-order valence-electron chi connectivity index (χ4n) is 1.70. The highest BCUT2D eigenvalue weighted by atomic mass is 32.2. The van der Waals surface area contributed by atoms with E-state index in [2.05, 4.69) is 15.0 Å². The summed E-state index contributed by atoms with van der Waals surface area (Å²) < 4.78 is 0. The normalized spacial score (nSPS) is 10.4. The van der Waals surface area contributed by atoms with Crippen molar-refractivity contribution in [3.8, 4) is 0 Å². The van der Waals surface area contributed by atoms with Gasteiger partial charge in [0.2, 0.25) is 0 Å². The summed E-state index contributed by atoms with van der Waals surface area (Å²) in [6, 6.07) is 5.05. The maximum absolute atomic E-state index is 11.6. The lowest BCUT2D eigenvalue weighted by Gasteiger charge is -2.06. The third-order valence-electron chi connectivity index (χ3n) is 2.51. The highest BCUT2D eigenvalue weighted by Gasteiger charge is 2.10. The van der Waals surface area contributed by atoms with Crippen LogP contribution in [0.25, 0.3) is 0 Å². The van der Waals surface area contributed by atoms with Gasteiger partial charge in [0, 0.05) is 22.9 Å². The van der Waals surface area contributed by atoms with Crippen molar-refractivity contribution in [2.45, 2.75) is 29.8 Å². The van der Waals surface area contributed by atoms with Crippen LogP contribution in [0.5, 0.6) is 0 Å². The van der Waals surface area contributed by atoms with Gasteiger partial charge < -0.3 is 10.7 Å². The van der Waals surface area contributed by atoms with Crippen molar-refractivity contribution in [2.24, 2.45) is 5.73 Å². The maximum Gasteiger partial charge on any atom is 0.251 e. The number of hydrogen-bond donors (Lipinski definition) is 3. The third-order valence-corrected chi connectivity index (χ3v) is 3.45. The summed E-state index contributed by atoms with van der Waals surface area (Å²) in [4.78, 5) is 23.4. The zero-order chi connectivity index (χ0) is 14.5. The average molecular weight is 289 g/mol. The van der Waals surface area contributed by atoms with Crippen molar-refractivity contribution in [2.75, 3.05) is 0 Å². The van der Waals surface area contributed by atoms with E-state index in [1.54, 1.807) is 18.3 Å². The van der Waals surface area contributed by atoms with Crippen LogP contribution in [-0.2, 0) is 6.42 Å². The molecular formula is C13H15N5OS. The first-order chi connectivity index (χ1) is 9.60. The highest BCUT2D eigenvalue weighted by Crippen LogP contribution is 2.26. The van der Waals surface area contributed by atoms with Crippen molar-refractivity contribution < 1.29 is 0 Å². The fourth-order valence-corrected chi connectivity index (χ4v) is 2.62. The molecule has 20 heavy (non-hydrogen) atoms. The molecule has 0 saturated heterocycles. The van der Waals surface area contributed by atoms with Crippen LogP contribution in [0.15, 0.2) is 39.2 Å². The number of hydrogen-bond acceptors (Lipinski definition) is 5. The van der Waals surface area contributed by atoms with Crippen LogP contribution in [0.2, 0.25) is 0 Å². The second kappa shape index (κ2) is 6.33. The van der Waals surface area contributed by atoms with Crippen LogP contribution in [0.4, 0.5) is 0 Å². The first-order valence-corrected chi connectivity index (χ1v) is 6.99. The van der Waals surface area contributed by atoms with E-state index in [1.807, 2.05) is 6.92 Å². The molecule has 104 valence electrons. The first-order valence-electron chi connectivity index (χ1n) is 6.17. The molecule has 0 bridgehead atoms. The first kappa shape index (κ1) is 14.3. The number of aromatic nitrogens is 3. The molecule has 0 spiro atoms. The molecule has 7 heteroatoms. The Balaban J connectivity index is 2.35. The van der Waals surface area contributed by atoms with E-state index >= 15 is 0 Å². The monoisotopic (exact) mass is 289 g/mol. The molecule has 0 aliphatic carbocycles. The number of aryl methyl sites for hydroxylation is 1. The van der Waals surface area contributed by atoms with Gasteiger partial charge in [0.1, 0.15) is 11.5 Å². The van der Waals surface area contributed by atoms with Crippen molar-refractivity contribution >= 4 is 17.6 Å². The lowest BCUT2D eigenvalue weighted by atomic mass is 10.2. The molecule has 2 rings (SSSR count). The fraction of sp³-hybridized carbons (Fsp3) is 0.231. The summed E-state index contributed by atoms with van der Waals surface area (Å²) in [5, 5.41) is 7.98. The molecule has 6 nitrogen and oxygen atoms in total. The van der Waals surface area contributed by atoms with Crippen LogP contribution in [-0.4, -0.2) is 20.8 Å². The molecular weight excluding hydrogens is 274 g/mol. The van der Waals surface area contributed by atoms with Crippen LogP contribution in [0.3, 0.4) is 0 Å². The number of nitrogens with two attached hydrogens (primary N) is 1. The SMILES string of the molecule is CCCc1cc(=O)[nH]c(Sc2cccnc2C(=N)N)n1. The smallest absolute Gasteiger partial charge is 0.251 e. The number of amidine groups is 1. The Kier molecular flexibility index (Phi) is 4.52. The van der Waals surface area contributed by atoms with E-state index in [4.69, 9.17) is 11.1 Å². The van der Waals surface area contributed by atoms with E-state index in [1.165, 1.54) is 17.8 Å². The van der Waals surface area contributed by atoms with Gasteiger partial charge in [-0.25, -0.2) is 4.98 Å². The highest BCUT2D eigenvalue weighted by molar-refractivity contribution is 7.99. The molecule has 0 fully saturated rings. The molecule has 0 atom stereocenters. The van der Waals surface area contributed by atoms with Crippen LogP contribution in [0.1, 0.15) is 24.7 Å². The van der Waals surface area contributed by atoms with Gasteiger partial charge in [0.05, 0.1) is 0 Å². The Labute approximate surface area is 120 Å². The summed E-state index contributed by atoms with van der Waals surface area (Å²) in [5.74, 6) is -0.111. The molecule has 0 radical (unpaired) electrons. The summed E-state index contributed by atoms with van der Waals surface area (Å²) in [5.41, 5.74) is 6.46. The summed E-state index contributed by atoms with van der Waals surface area (Å²) in [7, 11) is 0. The minimum absolute atomic E-state index is 0.111. The van der Waals surface area contributed by atoms with Crippen LogP contribution < -0.4 is 11.3 Å². The summed E-state index contributed by atoms with van der Waals surface area (Å²) in [6.07, 6.45) is 3.25.